The average Bonchev–Trinajstić information content (AvgIpc) is 4.07. The van der Waals surface area contributed by atoms with Gasteiger partial charge in [0.2, 0.25) is 10.9 Å². The minimum Gasteiger partial charge on any atom is -0.287 e. The first-order valence-corrected chi connectivity index (χ1v) is 22.0. The summed E-state index contributed by atoms with van der Waals surface area (Å²) in [6.07, 6.45) is 7.93. The molecule has 7 aromatic rings. The van der Waals surface area contributed by atoms with E-state index < -0.39 is 0 Å². The van der Waals surface area contributed by atoms with Crippen molar-refractivity contribution in [3.8, 4) is 21.1 Å². The minimum atomic E-state index is -0.301. The molecule has 0 N–H and O–H groups in total. The average molecular weight is 811 g/mol. The summed E-state index contributed by atoms with van der Waals surface area (Å²) >= 11 is 2.64. The molecular weight excluding hydrogens is 769 g/mol. The van der Waals surface area contributed by atoms with Crippen LogP contribution in [0.15, 0.2) is 58.1 Å². The number of aromatic nitrogens is 2. The van der Waals surface area contributed by atoms with Crippen LogP contribution in [0.3, 0.4) is 0 Å². The van der Waals surface area contributed by atoms with Crippen LogP contribution in [0.1, 0.15) is 120 Å². The highest BCUT2D eigenvalue weighted by Gasteiger charge is 2.38. The summed E-state index contributed by atoms with van der Waals surface area (Å²) in [7, 11) is 0. The molecule has 5 aromatic carbocycles. The lowest BCUT2D eigenvalue weighted by atomic mass is 9.99. The number of carbonyl (C=O) groups excluding carboxylic acids is 4. The van der Waals surface area contributed by atoms with Gasteiger partial charge in [-0.2, -0.15) is 0 Å². The Bertz CT molecular complexity index is 2770. The number of hydrogen-bond donors (Lipinski definition) is 0. The molecule has 0 saturated heterocycles. The lowest BCUT2D eigenvalue weighted by Crippen LogP contribution is -2.34. The highest BCUT2D eigenvalue weighted by atomic mass is 32.1. The van der Waals surface area contributed by atoms with Crippen LogP contribution in [0.25, 0.3) is 63.1 Å². The number of rotatable bonds is 14. The number of benzene rings is 3. The number of carbonyl (C=O) groups is 4. The number of amides is 4. The highest BCUT2D eigenvalue weighted by Crippen LogP contribution is 2.41. The molecule has 4 amide bonds. The zero-order chi connectivity index (χ0) is 40.6. The number of unbranched alkanes of at least 4 members (excludes halogenated alkanes) is 2. The molecule has 9 rings (SSSR count). The molecule has 2 atom stereocenters. The van der Waals surface area contributed by atoms with Gasteiger partial charge in [-0.15, -0.1) is 22.7 Å². The molecule has 12 heteroatoms. The van der Waals surface area contributed by atoms with E-state index in [2.05, 4.69) is 27.7 Å². The van der Waals surface area contributed by atoms with E-state index in [-0.39, 0.29) is 46.3 Å². The van der Waals surface area contributed by atoms with Gasteiger partial charge in [0.25, 0.3) is 23.6 Å². The van der Waals surface area contributed by atoms with Gasteiger partial charge in [-0.05, 0) is 61.1 Å². The fourth-order valence-corrected chi connectivity index (χ4v) is 10.9. The SMILES string of the molecule is CCCCC(CC)CN1C(=O)c2ccc(-c3nc4c(=O)c5cc6c(cc5c4s3)c(=O)c3nc(-c4ccc5c(c4)C(=O)N(CC(CC)CCCC)C5=O)sc36)cc2C1=O. The van der Waals surface area contributed by atoms with Crippen molar-refractivity contribution in [1.82, 2.24) is 19.8 Å². The van der Waals surface area contributed by atoms with Crippen LogP contribution in [0.2, 0.25) is 0 Å². The molecule has 2 aliphatic heterocycles. The van der Waals surface area contributed by atoms with E-state index in [0.29, 0.717) is 98.5 Å². The van der Waals surface area contributed by atoms with E-state index in [4.69, 9.17) is 9.97 Å². The monoisotopic (exact) mass is 810 g/mol. The van der Waals surface area contributed by atoms with Gasteiger partial charge in [0.1, 0.15) is 21.0 Å². The molecule has 0 spiro atoms. The number of imide groups is 2. The van der Waals surface area contributed by atoms with Crippen molar-refractivity contribution in [2.24, 2.45) is 11.8 Å². The summed E-state index contributed by atoms with van der Waals surface area (Å²) in [6.45, 7) is 9.24. The second kappa shape index (κ2) is 14.7. The quantitative estimate of drug-likeness (QED) is 0.0992. The molecular formula is C46H42N4O6S2. The van der Waals surface area contributed by atoms with E-state index in [1.807, 2.05) is 0 Å². The third-order valence-electron chi connectivity index (χ3n) is 12.2. The van der Waals surface area contributed by atoms with Gasteiger partial charge < -0.3 is 0 Å². The summed E-state index contributed by atoms with van der Waals surface area (Å²) in [5, 5.41) is 3.29. The van der Waals surface area contributed by atoms with Crippen molar-refractivity contribution in [3.63, 3.8) is 0 Å². The molecule has 58 heavy (non-hydrogen) atoms. The molecule has 294 valence electrons. The second-order valence-corrected chi connectivity index (χ2v) is 17.8. The standard InChI is InChI=1S/C46H42N4O6S2/c1-5-9-11-23(7-3)21-49-43(53)27-15-13-25(17-33(27)45(49)55)41-47-35-37(51)29-20-32-30(19-31(29)39(35)57-41)38(52)36-40(32)58-42(48-36)26-14-16-28-34(18-26)46(56)50(44(28)54)22-24(8-4)12-10-6-2/h13-20,23-24H,5-12,21-22H2,1-4H3. The van der Waals surface area contributed by atoms with E-state index in [0.717, 1.165) is 51.4 Å². The fraction of sp³-hybridized carbons (Fsp3) is 0.348. The summed E-state index contributed by atoms with van der Waals surface area (Å²) < 4.78 is 1.31. The summed E-state index contributed by atoms with van der Waals surface area (Å²) in [5.74, 6) is -0.645. The zero-order valence-corrected chi connectivity index (χ0v) is 34.5. The van der Waals surface area contributed by atoms with Crippen molar-refractivity contribution in [2.45, 2.75) is 79.1 Å². The summed E-state index contributed by atoms with van der Waals surface area (Å²) in [4.78, 5) is 93.6. The fourth-order valence-electron chi connectivity index (χ4n) is 8.70. The first kappa shape index (κ1) is 38.1. The van der Waals surface area contributed by atoms with Crippen LogP contribution in [0.4, 0.5) is 0 Å². The van der Waals surface area contributed by atoms with Crippen LogP contribution in [-0.4, -0.2) is 56.5 Å². The largest absolute Gasteiger partial charge is 0.287 e. The van der Waals surface area contributed by atoms with Gasteiger partial charge in [0.15, 0.2) is 0 Å². The Labute approximate surface area is 342 Å². The Morgan fingerprint density at radius 2 is 0.914 bits per heavy atom. The molecule has 0 radical (unpaired) electrons. The lowest BCUT2D eigenvalue weighted by Gasteiger charge is -2.21. The number of nitrogens with zero attached hydrogens (tertiary/aromatic N) is 4. The van der Waals surface area contributed by atoms with E-state index in [1.165, 1.54) is 32.5 Å². The van der Waals surface area contributed by atoms with Crippen molar-refractivity contribution in [1.29, 1.82) is 0 Å². The molecule has 0 fully saturated rings. The summed E-state index contributed by atoms with van der Waals surface area (Å²) in [6, 6.07) is 13.8. The normalized spacial score (nSPS) is 15.3. The maximum absolute atomic E-state index is 13.9. The third-order valence-corrected chi connectivity index (χ3v) is 14.5. The molecule has 2 unspecified atom stereocenters. The predicted molar refractivity (Wildman–Crippen MR) is 231 cm³/mol. The molecule has 2 aromatic heterocycles. The third kappa shape index (κ3) is 5.94. The Hall–Kier alpha value is -5.46. The molecule has 0 saturated carbocycles. The van der Waals surface area contributed by atoms with Gasteiger partial charge in [-0.3, -0.25) is 38.6 Å². The number of thiazole rings is 2. The van der Waals surface area contributed by atoms with Crippen LogP contribution >= 0.6 is 22.7 Å². The van der Waals surface area contributed by atoms with E-state index in [1.54, 1.807) is 48.5 Å². The lowest BCUT2D eigenvalue weighted by molar-refractivity contribution is 0.0609. The van der Waals surface area contributed by atoms with Gasteiger partial charge in [0.05, 0.1) is 31.7 Å². The van der Waals surface area contributed by atoms with Crippen molar-refractivity contribution in [3.05, 3.63) is 91.2 Å². The first-order valence-electron chi connectivity index (χ1n) is 20.4. The number of hydrogen-bond acceptors (Lipinski definition) is 10. The number of fused-ring (bicyclic) bond motifs is 8. The Kier molecular flexibility index (Phi) is 9.67. The minimum absolute atomic E-state index is 0.247. The Morgan fingerprint density at radius 1 is 0.517 bits per heavy atom. The molecule has 0 bridgehead atoms. The summed E-state index contributed by atoms with van der Waals surface area (Å²) in [5.41, 5.74) is 2.85. The maximum atomic E-state index is 13.9. The van der Waals surface area contributed by atoms with E-state index in [9.17, 15) is 28.8 Å². The second-order valence-electron chi connectivity index (χ2n) is 15.8. The highest BCUT2D eigenvalue weighted by molar-refractivity contribution is 7.23. The van der Waals surface area contributed by atoms with Gasteiger partial charge in [0, 0.05) is 45.8 Å². The Morgan fingerprint density at radius 3 is 1.29 bits per heavy atom. The van der Waals surface area contributed by atoms with Gasteiger partial charge >= 0.3 is 0 Å². The van der Waals surface area contributed by atoms with Crippen LogP contribution in [0, 0.1) is 11.8 Å². The van der Waals surface area contributed by atoms with Crippen molar-refractivity contribution < 1.29 is 19.2 Å². The molecule has 2 aliphatic rings. The smallest absolute Gasteiger partial charge is 0.261 e. The molecule has 10 nitrogen and oxygen atoms in total. The molecule has 4 heterocycles. The zero-order valence-electron chi connectivity index (χ0n) is 32.9. The first-order chi connectivity index (χ1) is 28.1. The van der Waals surface area contributed by atoms with Crippen LogP contribution in [0.5, 0.6) is 0 Å². The van der Waals surface area contributed by atoms with Crippen LogP contribution < -0.4 is 10.9 Å². The Balaban J connectivity index is 1.02. The molecule has 0 aliphatic carbocycles. The van der Waals surface area contributed by atoms with Gasteiger partial charge in [-0.25, -0.2) is 9.97 Å². The maximum Gasteiger partial charge on any atom is 0.261 e. The van der Waals surface area contributed by atoms with E-state index >= 15 is 0 Å². The van der Waals surface area contributed by atoms with Gasteiger partial charge in [-0.1, -0.05) is 78.4 Å². The van der Waals surface area contributed by atoms with Crippen molar-refractivity contribution >= 4 is 88.3 Å². The van der Waals surface area contributed by atoms with Crippen LogP contribution in [-0.2, 0) is 0 Å². The van der Waals surface area contributed by atoms with Crippen molar-refractivity contribution in [2.75, 3.05) is 13.1 Å². The topological polar surface area (TPSA) is 135 Å². The predicted octanol–water partition coefficient (Wildman–Crippen LogP) is 9.77.